The van der Waals surface area contributed by atoms with Crippen LogP contribution in [-0.4, -0.2) is 35.4 Å². The molecule has 1 aromatic heterocycles. The Kier molecular flexibility index (Phi) is 3.79. The van der Waals surface area contributed by atoms with Crippen molar-refractivity contribution in [2.24, 2.45) is 5.73 Å². The van der Waals surface area contributed by atoms with Crippen LogP contribution in [0.1, 0.15) is 12.0 Å². The number of rotatable bonds is 3. The standard InChI is InChI=1S/C11H15ClN4S/c1-16(7-3-5-17-6-7)11-9(12)8(10(13)14)2-4-15-11/h2,4,7H,3,5-6H2,1H3,(H3,13,14). The first-order chi connectivity index (χ1) is 8.11. The Hall–Kier alpha value is -0.940. The van der Waals surface area contributed by atoms with Crippen LogP contribution in [0.15, 0.2) is 12.3 Å². The molecular formula is C11H15ClN4S. The summed E-state index contributed by atoms with van der Waals surface area (Å²) in [6.45, 7) is 0. The van der Waals surface area contributed by atoms with Gasteiger partial charge < -0.3 is 10.6 Å². The van der Waals surface area contributed by atoms with Gasteiger partial charge in [0.05, 0.1) is 5.02 Å². The van der Waals surface area contributed by atoms with E-state index in [1.807, 2.05) is 18.8 Å². The number of nitrogens with two attached hydrogens (primary N) is 1. The lowest BCUT2D eigenvalue weighted by atomic mass is 10.2. The molecule has 1 saturated heterocycles. The van der Waals surface area contributed by atoms with Crippen LogP contribution in [0.3, 0.4) is 0 Å². The molecule has 0 saturated carbocycles. The minimum atomic E-state index is -0.0205. The van der Waals surface area contributed by atoms with Crippen molar-refractivity contribution in [1.82, 2.24) is 4.98 Å². The molecular weight excluding hydrogens is 256 g/mol. The van der Waals surface area contributed by atoms with E-state index in [-0.39, 0.29) is 5.84 Å². The molecule has 1 aliphatic rings. The van der Waals surface area contributed by atoms with Gasteiger partial charge in [0.15, 0.2) is 0 Å². The number of nitrogens with one attached hydrogen (secondary N) is 1. The highest BCUT2D eigenvalue weighted by Gasteiger charge is 2.23. The number of pyridine rings is 1. The van der Waals surface area contributed by atoms with Crippen LogP contribution in [-0.2, 0) is 0 Å². The average Bonchev–Trinajstić information content (AvgIpc) is 2.81. The van der Waals surface area contributed by atoms with E-state index in [9.17, 15) is 0 Å². The van der Waals surface area contributed by atoms with Crippen molar-refractivity contribution in [3.8, 4) is 0 Å². The Morgan fingerprint density at radius 3 is 3.06 bits per heavy atom. The zero-order chi connectivity index (χ0) is 12.4. The third kappa shape index (κ3) is 2.50. The summed E-state index contributed by atoms with van der Waals surface area (Å²) in [5, 5.41) is 7.94. The molecule has 4 nitrogen and oxygen atoms in total. The molecule has 1 unspecified atom stereocenters. The van der Waals surface area contributed by atoms with Crippen molar-refractivity contribution in [3.05, 3.63) is 22.8 Å². The van der Waals surface area contributed by atoms with Crippen LogP contribution < -0.4 is 10.6 Å². The monoisotopic (exact) mass is 270 g/mol. The Labute approximate surface area is 110 Å². The number of aromatic nitrogens is 1. The molecule has 3 N–H and O–H groups in total. The van der Waals surface area contributed by atoms with Gasteiger partial charge in [0.2, 0.25) is 0 Å². The van der Waals surface area contributed by atoms with Gasteiger partial charge in [-0.2, -0.15) is 11.8 Å². The maximum atomic E-state index is 7.47. The number of nitrogen functional groups attached to an aromatic ring is 1. The number of halogens is 1. The second-order valence-corrected chi connectivity index (χ2v) is 5.57. The van der Waals surface area contributed by atoms with Crippen molar-refractivity contribution in [2.45, 2.75) is 12.5 Å². The predicted molar refractivity (Wildman–Crippen MR) is 74.4 cm³/mol. The molecule has 17 heavy (non-hydrogen) atoms. The highest BCUT2D eigenvalue weighted by Crippen LogP contribution is 2.30. The zero-order valence-corrected chi connectivity index (χ0v) is 11.2. The molecule has 0 radical (unpaired) electrons. The van der Waals surface area contributed by atoms with E-state index in [2.05, 4.69) is 9.88 Å². The van der Waals surface area contributed by atoms with Crippen LogP contribution in [0.2, 0.25) is 5.02 Å². The van der Waals surface area contributed by atoms with Crippen LogP contribution in [0.5, 0.6) is 0 Å². The molecule has 2 heterocycles. The molecule has 0 bridgehead atoms. The molecule has 0 amide bonds. The SMILES string of the molecule is CN(c1nccc(C(=N)N)c1Cl)C1CCSC1. The van der Waals surface area contributed by atoms with Crippen LogP contribution in [0, 0.1) is 5.41 Å². The zero-order valence-electron chi connectivity index (χ0n) is 9.61. The molecule has 0 aliphatic carbocycles. The number of nitrogens with zero attached hydrogens (tertiary/aromatic N) is 2. The smallest absolute Gasteiger partial charge is 0.148 e. The van der Waals surface area contributed by atoms with Crippen molar-refractivity contribution < 1.29 is 0 Å². The van der Waals surface area contributed by atoms with Gasteiger partial charge in [-0.05, 0) is 18.2 Å². The third-order valence-corrected chi connectivity index (χ3v) is 4.47. The van der Waals surface area contributed by atoms with Gasteiger partial charge in [-0.1, -0.05) is 11.6 Å². The van der Waals surface area contributed by atoms with E-state index in [0.717, 1.165) is 12.2 Å². The Morgan fingerprint density at radius 1 is 1.71 bits per heavy atom. The minimum Gasteiger partial charge on any atom is -0.384 e. The maximum Gasteiger partial charge on any atom is 0.148 e. The average molecular weight is 271 g/mol. The van der Waals surface area contributed by atoms with Gasteiger partial charge >= 0.3 is 0 Å². The number of amidine groups is 1. The summed E-state index contributed by atoms with van der Waals surface area (Å²) in [5.41, 5.74) is 6.04. The molecule has 2 rings (SSSR count). The number of thioether (sulfide) groups is 1. The lowest BCUT2D eigenvalue weighted by molar-refractivity contribution is 0.692. The number of anilines is 1. The van der Waals surface area contributed by atoms with Gasteiger partial charge in [0, 0.05) is 30.6 Å². The molecule has 1 aliphatic heterocycles. The van der Waals surface area contributed by atoms with Gasteiger partial charge in [-0.25, -0.2) is 4.98 Å². The fourth-order valence-corrected chi connectivity index (χ4v) is 3.50. The molecule has 1 atom stereocenters. The second kappa shape index (κ2) is 5.14. The summed E-state index contributed by atoms with van der Waals surface area (Å²) < 4.78 is 0. The minimum absolute atomic E-state index is 0.0205. The molecule has 92 valence electrons. The molecule has 1 aromatic rings. The number of hydrogen-bond acceptors (Lipinski definition) is 4. The topological polar surface area (TPSA) is 66.0 Å². The van der Waals surface area contributed by atoms with Crippen LogP contribution >= 0.6 is 23.4 Å². The van der Waals surface area contributed by atoms with E-state index < -0.39 is 0 Å². The van der Waals surface area contributed by atoms with E-state index in [4.69, 9.17) is 22.7 Å². The normalized spacial score (nSPS) is 19.3. The summed E-state index contributed by atoms with van der Waals surface area (Å²) >= 11 is 8.19. The largest absolute Gasteiger partial charge is 0.384 e. The Balaban J connectivity index is 2.31. The van der Waals surface area contributed by atoms with Crippen molar-refractivity contribution in [2.75, 3.05) is 23.5 Å². The first kappa shape index (κ1) is 12.5. The first-order valence-electron chi connectivity index (χ1n) is 5.40. The van der Waals surface area contributed by atoms with E-state index in [1.54, 1.807) is 12.3 Å². The summed E-state index contributed by atoms with van der Waals surface area (Å²) in [6, 6.07) is 2.14. The lowest BCUT2D eigenvalue weighted by Gasteiger charge is -2.26. The summed E-state index contributed by atoms with van der Waals surface area (Å²) in [7, 11) is 1.99. The summed E-state index contributed by atoms with van der Waals surface area (Å²) in [4.78, 5) is 6.39. The molecule has 1 fully saturated rings. The fourth-order valence-electron chi connectivity index (χ4n) is 1.89. The molecule has 6 heteroatoms. The fraction of sp³-hybridized carbons (Fsp3) is 0.455. The van der Waals surface area contributed by atoms with Crippen molar-refractivity contribution in [3.63, 3.8) is 0 Å². The van der Waals surface area contributed by atoms with E-state index >= 15 is 0 Å². The summed E-state index contributed by atoms with van der Waals surface area (Å²) in [6.07, 6.45) is 2.79. The highest BCUT2D eigenvalue weighted by molar-refractivity contribution is 7.99. The van der Waals surface area contributed by atoms with Crippen LogP contribution in [0.25, 0.3) is 0 Å². The van der Waals surface area contributed by atoms with Crippen LogP contribution in [0.4, 0.5) is 5.82 Å². The Morgan fingerprint density at radius 2 is 2.47 bits per heavy atom. The third-order valence-electron chi connectivity index (χ3n) is 2.95. The van der Waals surface area contributed by atoms with Gasteiger partial charge in [0.25, 0.3) is 0 Å². The maximum absolute atomic E-state index is 7.47. The first-order valence-corrected chi connectivity index (χ1v) is 6.94. The quantitative estimate of drug-likeness (QED) is 0.651. The van der Waals surface area contributed by atoms with E-state index in [1.165, 1.54) is 5.75 Å². The molecule has 0 spiro atoms. The van der Waals surface area contributed by atoms with Gasteiger partial charge in [0.1, 0.15) is 11.7 Å². The lowest BCUT2D eigenvalue weighted by Crippen LogP contribution is -2.32. The van der Waals surface area contributed by atoms with Crippen molar-refractivity contribution in [1.29, 1.82) is 5.41 Å². The predicted octanol–water partition coefficient (Wildman–Crippen LogP) is 1.96. The Bertz CT molecular complexity index is 431. The van der Waals surface area contributed by atoms with Gasteiger partial charge in [-0.3, -0.25) is 5.41 Å². The van der Waals surface area contributed by atoms with Gasteiger partial charge in [-0.15, -0.1) is 0 Å². The molecule has 0 aromatic carbocycles. The highest BCUT2D eigenvalue weighted by atomic mass is 35.5. The summed E-state index contributed by atoms with van der Waals surface area (Å²) in [5.74, 6) is 2.97. The second-order valence-electron chi connectivity index (χ2n) is 4.04. The number of hydrogen-bond donors (Lipinski definition) is 2. The van der Waals surface area contributed by atoms with Crippen molar-refractivity contribution >= 4 is 35.0 Å². The van der Waals surface area contributed by atoms with E-state index in [0.29, 0.717) is 22.4 Å².